The molecule has 70 valence electrons. The number of benzene rings is 1. The summed E-state index contributed by atoms with van der Waals surface area (Å²) in [4.78, 5) is 0. The van der Waals surface area contributed by atoms with E-state index in [1.54, 1.807) is 0 Å². The lowest BCUT2D eigenvalue weighted by molar-refractivity contribution is 0.954. The first-order valence-electron chi connectivity index (χ1n) is 4.34. The van der Waals surface area contributed by atoms with Gasteiger partial charge in [0.2, 0.25) is 0 Å². The zero-order valence-corrected chi connectivity index (χ0v) is 8.77. The fraction of sp³-hybridized carbons (Fsp3) is 0.273. The van der Waals surface area contributed by atoms with Gasteiger partial charge in [0.15, 0.2) is 0 Å². The highest BCUT2D eigenvalue weighted by Crippen LogP contribution is 2.10. The van der Waals surface area contributed by atoms with Crippen LogP contribution in [0.4, 0.5) is 0 Å². The number of rotatable bonds is 4. The van der Waals surface area contributed by atoms with Gasteiger partial charge in [-0.2, -0.15) is 12.6 Å². The van der Waals surface area contributed by atoms with E-state index in [1.807, 2.05) is 6.07 Å². The zero-order chi connectivity index (χ0) is 9.68. The standard InChI is InChI=1S/C11H15NS/c1-9-4-3-5-11(8-9)10(2)12-6-7-13/h3-5,8,12-13H,2,6-7H2,1H3. The summed E-state index contributed by atoms with van der Waals surface area (Å²) in [6, 6.07) is 8.29. The lowest BCUT2D eigenvalue weighted by Gasteiger charge is -2.08. The number of nitrogens with one attached hydrogen (secondary N) is 1. The summed E-state index contributed by atoms with van der Waals surface area (Å²) >= 11 is 4.12. The molecule has 0 spiro atoms. The van der Waals surface area contributed by atoms with Gasteiger partial charge in [0, 0.05) is 18.0 Å². The van der Waals surface area contributed by atoms with Gasteiger partial charge in [-0.05, 0) is 18.6 Å². The molecular formula is C11H15NS. The Balaban J connectivity index is 2.66. The third-order valence-electron chi connectivity index (χ3n) is 1.82. The second-order valence-electron chi connectivity index (χ2n) is 3.00. The summed E-state index contributed by atoms with van der Waals surface area (Å²) in [6.45, 7) is 6.89. The molecule has 0 aliphatic rings. The Hall–Kier alpha value is -0.890. The molecule has 13 heavy (non-hydrogen) atoms. The molecular weight excluding hydrogens is 178 g/mol. The quantitative estimate of drug-likeness (QED) is 0.700. The second kappa shape index (κ2) is 4.97. The maximum absolute atomic E-state index is 4.12. The number of thiol groups is 1. The second-order valence-corrected chi connectivity index (χ2v) is 3.45. The normalized spacial score (nSPS) is 9.69. The minimum absolute atomic E-state index is 0.824. The van der Waals surface area contributed by atoms with Crippen molar-refractivity contribution in [3.05, 3.63) is 42.0 Å². The van der Waals surface area contributed by atoms with E-state index in [2.05, 4.69) is 49.6 Å². The Labute approximate surface area is 85.3 Å². The van der Waals surface area contributed by atoms with Crippen LogP contribution in [0, 0.1) is 6.92 Å². The van der Waals surface area contributed by atoms with Crippen LogP contribution in [0.15, 0.2) is 30.8 Å². The molecule has 1 N–H and O–H groups in total. The van der Waals surface area contributed by atoms with Gasteiger partial charge in [-0.1, -0.05) is 30.3 Å². The van der Waals surface area contributed by atoms with Crippen LogP contribution in [0.2, 0.25) is 0 Å². The molecule has 0 aliphatic heterocycles. The van der Waals surface area contributed by atoms with Crippen molar-refractivity contribution in [3.8, 4) is 0 Å². The first-order chi connectivity index (χ1) is 6.24. The van der Waals surface area contributed by atoms with Gasteiger partial charge in [-0.25, -0.2) is 0 Å². The first-order valence-corrected chi connectivity index (χ1v) is 4.98. The van der Waals surface area contributed by atoms with Crippen LogP contribution in [0.1, 0.15) is 11.1 Å². The van der Waals surface area contributed by atoms with E-state index < -0.39 is 0 Å². The third-order valence-corrected chi connectivity index (χ3v) is 2.04. The molecule has 1 rings (SSSR count). The molecule has 0 atom stereocenters. The molecule has 1 aromatic rings. The summed E-state index contributed by atoms with van der Waals surface area (Å²) in [7, 11) is 0. The molecule has 0 aliphatic carbocycles. The average Bonchev–Trinajstić information content (AvgIpc) is 2.14. The topological polar surface area (TPSA) is 12.0 Å². The van der Waals surface area contributed by atoms with Crippen LogP contribution in [0.3, 0.4) is 0 Å². The smallest absolute Gasteiger partial charge is 0.0341 e. The van der Waals surface area contributed by atoms with Crippen LogP contribution in [0.25, 0.3) is 5.70 Å². The van der Waals surface area contributed by atoms with Crippen molar-refractivity contribution < 1.29 is 0 Å². The lowest BCUT2D eigenvalue weighted by atomic mass is 10.1. The van der Waals surface area contributed by atoms with Gasteiger partial charge >= 0.3 is 0 Å². The average molecular weight is 193 g/mol. The zero-order valence-electron chi connectivity index (χ0n) is 7.88. The van der Waals surface area contributed by atoms with E-state index in [4.69, 9.17) is 0 Å². The summed E-state index contributed by atoms with van der Waals surface area (Å²) in [6.07, 6.45) is 0. The van der Waals surface area contributed by atoms with Crippen molar-refractivity contribution in [1.29, 1.82) is 0 Å². The summed E-state index contributed by atoms with van der Waals surface area (Å²) in [5.41, 5.74) is 3.38. The van der Waals surface area contributed by atoms with Crippen LogP contribution < -0.4 is 5.32 Å². The Morgan fingerprint density at radius 1 is 1.54 bits per heavy atom. The molecule has 1 aromatic carbocycles. The van der Waals surface area contributed by atoms with Crippen molar-refractivity contribution in [3.63, 3.8) is 0 Å². The maximum Gasteiger partial charge on any atom is 0.0341 e. The van der Waals surface area contributed by atoms with E-state index in [1.165, 1.54) is 5.56 Å². The number of hydrogen-bond acceptors (Lipinski definition) is 2. The molecule has 0 bridgehead atoms. The predicted molar refractivity (Wildman–Crippen MR) is 62.1 cm³/mol. The maximum atomic E-state index is 4.12. The first kappa shape index (κ1) is 10.2. The van der Waals surface area contributed by atoms with E-state index in [-0.39, 0.29) is 0 Å². The molecule has 0 saturated heterocycles. The van der Waals surface area contributed by atoms with E-state index in [9.17, 15) is 0 Å². The molecule has 0 aromatic heterocycles. The van der Waals surface area contributed by atoms with Gasteiger partial charge in [0.25, 0.3) is 0 Å². The Morgan fingerprint density at radius 2 is 2.31 bits per heavy atom. The summed E-state index contributed by atoms with van der Waals surface area (Å²) < 4.78 is 0. The molecule has 0 heterocycles. The Morgan fingerprint density at radius 3 is 2.92 bits per heavy atom. The molecule has 0 unspecified atom stereocenters. The van der Waals surface area contributed by atoms with Gasteiger partial charge in [0.1, 0.15) is 0 Å². The lowest BCUT2D eigenvalue weighted by Crippen LogP contribution is -2.13. The van der Waals surface area contributed by atoms with Crippen LogP contribution in [-0.2, 0) is 0 Å². The van der Waals surface area contributed by atoms with Gasteiger partial charge in [0.05, 0.1) is 0 Å². The Bertz CT molecular complexity index is 294. The SMILES string of the molecule is C=C(NCCS)c1cccc(C)c1. The highest BCUT2D eigenvalue weighted by atomic mass is 32.1. The van der Waals surface area contributed by atoms with Crippen molar-refractivity contribution in [1.82, 2.24) is 5.32 Å². The minimum atomic E-state index is 0.824. The molecule has 1 nitrogen and oxygen atoms in total. The van der Waals surface area contributed by atoms with Gasteiger partial charge in [-0.3, -0.25) is 0 Å². The minimum Gasteiger partial charge on any atom is -0.384 e. The molecule has 2 heteroatoms. The highest BCUT2D eigenvalue weighted by Gasteiger charge is 1.96. The molecule has 0 saturated carbocycles. The van der Waals surface area contributed by atoms with E-state index in [0.717, 1.165) is 23.6 Å². The van der Waals surface area contributed by atoms with Gasteiger partial charge in [-0.15, -0.1) is 0 Å². The van der Waals surface area contributed by atoms with Crippen LogP contribution in [-0.4, -0.2) is 12.3 Å². The highest BCUT2D eigenvalue weighted by molar-refractivity contribution is 7.80. The molecule has 0 radical (unpaired) electrons. The fourth-order valence-electron chi connectivity index (χ4n) is 1.14. The van der Waals surface area contributed by atoms with E-state index in [0.29, 0.717) is 0 Å². The van der Waals surface area contributed by atoms with E-state index >= 15 is 0 Å². The van der Waals surface area contributed by atoms with Crippen molar-refractivity contribution in [2.24, 2.45) is 0 Å². The monoisotopic (exact) mass is 193 g/mol. The van der Waals surface area contributed by atoms with Gasteiger partial charge < -0.3 is 5.32 Å². The van der Waals surface area contributed by atoms with Crippen LogP contribution in [0.5, 0.6) is 0 Å². The van der Waals surface area contributed by atoms with Crippen molar-refractivity contribution in [2.45, 2.75) is 6.92 Å². The van der Waals surface area contributed by atoms with Crippen LogP contribution >= 0.6 is 12.6 Å². The summed E-state index contributed by atoms with van der Waals surface area (Å²) in [5.74, 6) is 0.824. The number of hydrogen-bond donors (Lipinski definition) is 2. The van der Waals surface area contributed by atoms with Crippen molar-refractivity contribution >= 4 is 18.3 Å². The Kier molecular flexibility index (Phi) is 3.90. The fourth-order valence-corrected chi connectivity index (χ4v) is 1.25. The largest absolute Gasteiger partial charge is 0.384 e. The third kappa shape index (κ3) is 3.15. The number of aryl methyl sites for hydroxylation is 1. The predicted octanol–water partition coefficient (Wildman–Crippen LogP) is 2.49. The summed E-state index contributed by atoms with van der Waals surface area (Å²) in [5, 5.41) is 3.20. The molecule has 0 fully saturated rings. The molecule has 0 amide bonds. The van der Waals surface area contributed by atoms with Crippen molar-refractivity contribution in [2.75, 3.05) is 12.3 Å².